The van der Waals surface area contributed by atoms with Crippen LogP contribution in [0.1, 0.15) is 44.7 Å². The van der Waals surface area contributed by atoms with E-state index in [0.29, 0.717) is 13.2 Å². The Balaban J connectivity index is 2.04. The molecule has 0 aliphatic heterocycles. The van der Waals surface area contributed by atoms with E-state index >= 15 is 0 Å². The zero-order chi connectivity index (χ0) is 15.2. The molecule has 0 radical (unpaired) electrons. The molecule has 4 nitrogen and oxygen atoms in total. The maximum Gasteiger partial charge on any atom is 0.307 e. The molecule has 114 valence electrons. The lowest BCUT2D eigenvalue weighted by molar-refractivity contribution is -0.144. The highest BCUT2D eigenvalue weighted by atomic mass is 16.5. The van der Waals surface area contributed by atoms with E-state index in [2.05, 4.69) is 0 Å². The fraction of sp³-hybridized carbons (Fsp3) is 0.529. The van der Waals surface area contributed by atoms with Crippen molar-refractivity contribution in [2.75, 3.05) is 13.2 Å². The van der Waals surface area contributed by atoms with Gasteiger partial charge >= 0.3 is 5.97 Å². The van der Waals surface area contributed by atoms with E-state index in [-0.39, 0.29) is 30.3 Å². The van der Waals surface area contributed by atoms with Gasteiger partial charge in [-0.15, -0.1) is 0 Å². The van der Waals surface area contributed by atoms with Gasteiger partial charge in [-0.3, -0.25) is 9.59 Å². The summed E-state index contributed by atoms with van der Waals surface area (Å²) in [6.45, 7) is 4.60. The molecule has 0 aromatic heterocycles. The van der Waals surface area contributed by atoms with Crippen molar-refractivity contribution in [1.29, 1.82) is 0 Å². The predicted octanol–water partition coefficient (Wildman–Crippen LogP) is 2.94. The van der Waals surface area contributed by atoms with Gasteiger partial charge in [0.15, 0.2) is 0 Å². The second-order valence-corrected chi connectivity index (χ2v) is 5.45. The average Bonchev–Trinajstić information content (AvgIpc) is 3.33. The zero-order valence-corrected chi connectivity index (χ0v) is 12.7. The Kier molecular flexibility index (Phi) is 5.37. The topological polar surface area (TPSA) is 46.6 Å². The van der Waals surface area contributed by atoms with Crippen molar-refractivity contribution in [3.05, 3.63) is 35.9 Å². The molecule has 1 unspecified atom stereocenters. The van der Waals surface area contributed by atoms with Crippen LogP contribution in [0.2, 0.25) is 0 Å². The number of amides is 1. The Hall–Kier alpha value is -1.84. The van der Waals surface area contributed by atoms with Gasteiger partial charge in [0, 0.05) is 12.5 Å². The van der Waals surface area contributed by atoms with Crippen molar-refractivity contribution < 1.29 is 14.3 Å². The summed E-state index contributed by atoms with van der Waals surface area (Å²) >= 11 is 0. The molecular formula is C17H23NO3. The normalized spacial score (nSPS) is 15.3. The minimum atomic E-state index is -0.244. The van der Waals surface area contributed by atoms with Crippen LogP contribution in [0.3, 0.4) is 0 Å². The zero-order valence-electron chi connectivity index (χ0n) is 12.7. The number of rotatable bonds is 7. The van der Waals surface area contributed by atoms with Crippen LogP contribution < -0.4 is 0 Å². The number of carbonyl (C=O) groups excluding carboxylic acids is 2. The van der Waals surface area contributed by atoms with Crippen LogP contribution in [0.15, 0.2) is 30.3 Å². The third kappa shape index (κ3) is 4.31. The Labute approximate surface area is 126 Å². The SMILES string of the molecule is CCOC(=O)CCN(C(=O)C1CC1)C(C)c1ccccc1. The first-order valence-electron chi connectivity index (χ1n) is 7.64. The van der Waals surface area contributed by atoms with Gasteiger partial charge in [0.25, 0.3) is 0 Å². The molecule has 1 aliphatic rings. The van der Waals surface area contributed by atoms with Gasteiger partial charge < -0.3 is 9.64 Å². The van der Waals surface area contributed by atoms with E-state index in [4.69, 9.17) is 4.74 Å². The van der Waals surface area contributed by atoms with E-state index in [0.717, 1.165) is 18.4 Å². The third-order valence-corrected chi connectivity index (χ3v) is 3.82. The van der Waals surface area contributed by atoms with Crippen LogP contribution in [0.25, 0.3) is 0 Å². The smallest absolute Gasteiger partial charge is 0.307 e. The van der Waals surface area contributed by atoms with E-state index in [1.54, 1.807) is 6.92 Å². The second-order valence-electron chi connectivity index (χ2n) is 5.45. The Morgan fingerprint density at radius 3 is 2.52 bits per heavy atom. The Morgan fingerprint density at radius 2 is 1.95 bits per heavy atom. The molecule has 0 spiro atoms. The Morgan fingerprint density at radius 1 is 1.29 bits per heavy atom. The van der Waals surface area contributed by atoms with E-state index in [1.807, 2.05) is 42.2 Å². The van der Waals surface area contributed by atoms with Crippen molar-refractivity contribution in [1.82, 2.24) is 4.90 Å². The van der Waals surface area contributed by atoms with Crippen molar-refractivity contribution >= 4 is 11.9 Å². The van der Waals surface area contributed by atoms with Crippen LogP contribution in [0.4, 0.5) is 0 Å². The van der Waals surface area contributed by atoms with Crippen LogP contribution >= 0.6 is 0 Å². The quantitative estimate of drug-likeness (QED) is 0.725. The standard InChI is InChI=1S/C17H23NO3/c1-3-21-16(19)11-12-18(17(20)15-9-10-15)13(2)14-7-5-4-6-8-14/h4-8,13,15H,3,9-12H2,1-2H3. The molecule has 2 rings (SSSR count). The first kappa shape index (κ1) is 15.5. The summed E-state index contributed by atoms with van der Waals surface area (Å²) < 4.78 is 4.96. The fourth-order valence-corrected chi connectivity index (χ4v) is 2.42. The van der Waals surface area contributed by atoms with Gasteiger partial charge in [0.1, 0.15) is 0 Å². The summed E-state index contributed by atoms with van der Waals surface area (Å²) in [7, 11) is 0. The first-order chi connectivity index (χ1) is 10.1. The van der Waals surface area contributed by atoms with Crippen molar-refractivity contribution in [3.8, 4) is 0 Å². The molecule has 0 bridgehead atoms. The molecule has 1 aromatic carbocycles. The van der Waals surface area contributed by atoms with Gasteiger partial charge in [-0.2, -0.15) is 0 Å². The number of hydrogen-bond donors (Lipinski definition) is 0. The predicted molar refractivity (Wildman–Crippen MR) is 80.5 cm³/mol. The molecule has 1 fully saturated rings. The van der Waals surface area contributed by atoms with Crippen LogP contribution in [-0.4, -0.2) is 29.9 Å². The molecule has 21 heavy (non-hydrogen) atoms. The minimum Gasteiger partial charge on any atom is -0.466 e. The number of carbonyl (C=O) groups is 2. The first-order valence-corrected chi connectivity index (χ1v) is 7.64. The molecule has 1 aromatic rings. The minimum absolute atomic E-state index is 0.0197. The maximum absolute atomic E-state index is 12.5. The molecule has 1 saturated carbocycles. The fourth-order valence-electron chi connectivity index (χ4n) is 2.42. The molecule has 0 heterocycles. The third-order valence-electron chi connectivity index (χ3n) is 3.82. The summed E-state index contributed by atoms with van der Waals surface area (Å²) in [6.07, 6.45) is 2.19. The molecule has 1 aliphatic carbocycles. The Bertz CT molecular complexity index is 482. The van der Waals surface area contributed by atoms with Gasteiger partial charge in [-0.25, -0.2) is 0 Å². The summed E-state index contributed by atoms with van der Waals surface area (Å²) in [6, 6.07) is 9.91. The molecule has 0 N–H and O–H groups in total. The maximum atomic E-state index is 12.5. The number of hydrogen-bond acceptors (Lipinski definition) is 3. The second kappa shape index (κ2) is 7.25. The van der Waals surface area contributed by atoms with Gasteiger partial charge in [-0.1, -0.05) is 30.3 Å². The summed E-state index contributed by atoms with van der Waals surface area (Å²) in [5, 5.41) is 0. The highest BCUT2D eigenvalue weighted by Crippen LogP contribution is 2.34. The highest BCUT2D eigenvalue weighted by Gasteiger charge is 2.35. The van der Waals surface area contributed by atoms with Crippen molar-refractivity contribution in [2.45, 2.75) is 39.2 Å². The number of nitrogens with zero attached hydrogens (tertiary/aromatic N) is 1. The number of ether oxygens (including phenoxy) is 1. The summed E-state index contributed by atoms with van der Waals surface area (Å²) in [5.41, 5.74) is 1.09. The van der Waals surface area contributed by atoms with Crippen LogP contribution in [-0.2, 0) is 14.3 Å². The molecule has 1 atom stereocenters. The average molecular weight is 289 g/mol. The molecule has 4 heteroatoms. The van der Waals surface area contributed by atoms with Gasteiger partial charge in [-0.05, 0) is 32.3 Å². The van der Waals surface area contributed by atoms with E-state index < -0.39 is 0 Å². The van der Waals surface area contributed by atoms with Crippen molar-refractivity contribution in [2.24, 2.45) is 5.92 Å². The molecule has 1 amide bonds. The molecule has 0 saturated heterocycles. The van der Waals surface area contributed by atoms with E-state index in [1.165, 1.54) is 0 Å². The van der Waals surface area contributed by atoms with Crippen LogP contribution in [0, 0.1) is 5.92 Å². The summed E-state index contributed by atoms with van der Waals surface area (Å²) in [4.78, 5) is 25.8. The lowest BCUT2D eigenvalue weighted by Crippen LogP contribution is -2.36. The van der Waals surface area contributed by atoms with Gasteiger partial charge in [0.2, 0.25) is 5.91 Å². The van der Waals surface area contributed by atoms with Crippen molar-refractivity contribution in [3.63, 3.8) is 0 Å². The number of esters is 1. The lowest BCUT2D eigenvalue weighted by atomic mass is 10.1. The lowest BCUT2D eigenvalue weighted by Gasteiger charge is -2.29. The largest absolute Gasteiger partial charge is 0.466 e. The van der Waals surface area contributed by atoms with Gasteiger partial charge in [0.05, 0.1) is 19.1 Å². The monoisotopic (exact) mass is 289 g/mol. The number of benzene rings is 1. The van der Waals surface area contributed by atoms with Crippen LogP contribution in [0.5, 0.6) is 0 Å². The summed E-state index contributed by atoms with van der Waals surface area (Å²) in [5.74, 6) is 0.0698. The van der Waals surface area contributed by atoms with E-state index in [9.17, 15) is 9.59 Å². The highest BCUT2D eigenvalue weighted by molar-refractivity contribution is 5.82. The molecular weight excluding hydrogens is 266 g/mol.